The Kier molecular flexibility index (Phi) is 3.38. The summed E-state index contributed by atoms with van der Waals surface area (Å²) in [6.07, 6.45) is 2.98. The zero-order chi connectivity index (χ0) is 8.10. The van der Waals surface area contributed by atoms with E-state index in [1.54, 1.807) is 0 Å². The van der Waals surface area contributed by atoms with Crippen molar-refractivity contribution in [1.29, 1.82) is 5.26 Å². The molecule has 0 aromatic rings. The Morgan fingerprint density at radius 1 is 1.55 bits per heavy atom. The molecule has 0 aromatic carbocycles. The third-order valence-corrected chi connectivity index (χ3v) is 2.48. The first-order valence-corrected chi connectivity index (χ1v) is 4.29. The van der Waals surface area contributed by atoms with Crippen molar-refractivity contribution in [3.63, 3.8) is 0 Å². The third-order valence-electron chi connectivity index (χ3n) is 2.48. The molecule has 2 nitrogen and oxygen atoms in total. The molecule has 0 bridgehead atoms. The molecule has 0 radical (unpaired) electrons. The monoisotopic (exact) mass is 153 g/mol. The molecule has 0 amide bonds. The summed E-state index contributed by atoms with van der Waals surface area (Å²) in [4.78, 5) is 0. The maximum absolute atomic E-state index is 8.49. The van der Waals surface area contributed by atoms with Gasteiger partial charge in [0.1, 0.15) is 0 Å². The lowest BCUT2D eigenvalue weighted by molar-refractivity contribution is 0.0502. The van der Waals surface area contributed by atoms with Crippen LogP contribution in [0.15, 0.2) is 0 Å². The normalized spacial score (nSPS) is 22.5. The number of ether oxygens (including phenoxy) is 1. The first-order chi connectivity index (χ1) is 5.34. The van der Waals surface area contributed by atoms with Crippen molar-refractivity contribution in [2.75, 3.05) is 13.2 Å². The van der Waals surface area contributed by atoms with Gasteiger partial charge >= 0.3 is 0 Å². The van der Waals surface area contributed by atoms with E-state index >= 15 is 0 Å². The van der Waals surface area contributed by atoms with E-state index in [1.165, 1.54) is 0 Å². The van der Waals surface area contributed by atoms with Gasteiger partial charge in [0.15, 0.2) is 0 Å². The van der Waals surface area contributed by atoms with Crippen molar-refractivity contribution in [3.05, 3.63) is 0 Å². The van der Waals surface area contributed by atoms with Crippen LogP contribution in [0.4, 0.5) is 0 Å². The molecule has 0 N–H and O–H groups in total. The second kappa shape index (κ2) is 4.35. The van der Waals surface area contributed by atoms with E-state index in [0.717, 1.165) is 32.0 Å². The molecule has 62 valence electrons. The minimum atomic E-state index is 0.559. The molecule has 1 fully saturated rings. The molecule has 1 unspecified atom stereocenters. The number of hydrogen-bond acceptors (Lipinski definition) is 2. The van der Waals surface area contributed by atoms with Gasteiger partial charge in [-0.25, -0.2) is 0 Å². The highest BCUT2D eigenvalue weighted by molar-refractivity contribution is 4.79. The molecular formula is C9H15NO. The Morgan fingerprint density at radius 3 is 2.73 bits per heavy atom. The molecule has 0 aliphatic carbocycles. The van der Waals surface area contributed by atoms with Gasteiger partial charge in [0.25, 0.3) is 0 Å². The fraction of sp³-hybridized carbons (Fsp3) is 0.889. The summed E-state index contributed by atoms with van der Waals surface area (Å²) in [5.74, 6) is 1.28. The van der Waals surface area contributed by atoms with Gasteiger partial charge < -0.3 is 4.74 Å². The maximum atomic E-state index is 8.49. The summed E-state index contributed by atoms with van der Waals surface area (Å²) >= 11 is 0. The fourth-order valence-corrected chi connectivity index (χ4v) is 1.60. The van der Waals surface area contributed by atoms with Crippen LogP contribution < -0.4 is 0 Å². The Balaban J connectivity index is 2.27. The maximum Gasteiger partial charge on any atom is 0.0624 e. The van der Waals surface area contributed by atoms with Gasteiger partial charge in [-0.15, -0.1) is 0 Å². The first-order valence-electron chi connectivity index (χ1n) is 4.29. The summed E-state index contributed by atoms with van der Waals surface area (Å²) in [5, 5.41) is 8.49. The molecular weight excluding hydrogens is 138 g/mol. The van der Waals surface area contributed by atoms with Gasteiger partial charge in [0, 0.05) is 19.6 Å². The molecule has 1 heterocycles. The Bertz CT molecular complexity index is 144. The van der Waals surface area contributed by atoms with E-state index in [-0.39, 0.29) is 0 Å². The molecule has 1 saturated heterocycles. The topological polar surface area (TPSA) is 33.0 Å². The molecule has 1 aliphatic rings. The second-order valence-electron chi connectivity index (χ2n) is 3.29. The van der Waals surface area contributed by atoms with Crippen LogP contribution in [-0.2, 0) is 4.74 Å². The zero-order valence-corrected chi connectivity index (χ0v) is 7.05. The predicted octanol–water partition coefficient (Wildman–Crippen LogP) is 1.96. The second-order valence-corrected chi connectivity index (χ2v) is 3.29. The lowest BCUT2D eigenvalue weighted by Crippen LogP contribution is -2.21. The van der Waals surface area contributed by atoms with Crippen LogP contribution in [0.25, 0.3) is 0 Å². The Morgan fingerprint density at radius 2 is 2.18 bits per heavy atom. The van der Waals surface area contributed by atoms with Gasteiger partial charge in [0.2, 0.25) is 0 Å². The number of rotatable bonds is 2. The van der Waals surface area contributed by atoms with Crippen LogP contribution in [-0.4, -0.2) is 13.2 Å². The van der Waals surface area contributed by atoms with Crippen LogP contribution in [0.1, 0.15) is 26.2 Å². The molecule has 0 aromatic heterocycles. The zero-order valence-electron chi connectivity index (χ0n) is 7.05. The van der Waals surface area contributed by atoms with Crippen LogP contribution in [0.3, 0.4) is 0 Å². The van der Waals surface area contributed by atoms with Crippen LogP contribution >= 0.6 is 0 Å². The SMILES string of the molecule is CC(CC#N)C1CCOCC1. The Hall–Kier alpha value is -0.550. The average molecular weight is 153 g/mol. The summed E-state index contributed by atoms with van der Waals surface area (Å²) in [7, 11) is 0. The minimum Gasteiger partial charge on any atom is -0.381 e. The van der Waals surface area contributed by atoms with E-state index in [4.69, 9.17) is 10.00 Å². The van der Waals surface area contributed by atoms with Crippen LogP contribution in [0.5, 0.6) is 0 Å². The smallest absolute Gasteiger partial charge is 0.0624 e. The van der Waals surface area contributed by atoms with Crippen molar-refractivity contribution >= 4 is 0 Å². The fourth-order valence-electron chi connectivity index (χ4n) is 1.60. The third kappa shape index (κ3) is 2.51. The predicted molar refractivity (Wildman–Crippen MR) is 42.9 cm³/mol. The van der Waals surface area contributed by atoms with Crippen molar-refractivity contribution in [2.24, 2.45) is 11.8 Å². The van der Waals surface area contributed by atoms with Crippen LogP contribution in [0.2, 0.25) is 0 Å². The summed E-state index contributed by atoms with van der Waals surface area (Å²) < 4.78 is 5.25. The van der Waals surface area contributed by atoms with Crippen LogP contribution in [0, 0.1) is 23.2 Å². The van der Waals surface area contributed by atoms with E-state index in [9.17, 15) is 0 Å². The highest BCUT2D eigenvalue weighted by Crippen LogP contribution is 2.25. The van der Waals surface area contributed by atoms with Crippen molar-refractivity contribution in [3.8, 4) is 6.07 Å². The van der Waals surface area contributed by atoms with Crippen molar-refractivity contribution in [2.45, 2.75) is 26.2 Å². The number of hydrogen-bond donors (Lipinski definition) is 0. The quantitative estimate of drug-likeness (QED) is 0.607. The van der Waals surface area contributed by atoms with Gasteiger partial charge in [-0.2, -0.15) is 5.26 Å². The highest BCUT2D eigenvalue weighted by Gasteiger charge is 2.19. The van der Waals surface area contributed by atoms with E-state index < -0.39 is 0 Å². The van der Waals surface area contributed by atoms with Gasteiger partial charge in [-0.05, 0) is 24.7 Å². The lowest BCUT2D eigenvalue weighted by atomic mass is 9.86. The molecule has 0 saturated carbocycles. The van der Waals surface area contributed by atoms with Crippen molar-refractivity contribution in [1.82, 2.24) is 0 Å². The molecule has 1 atom stereocenters. The standard InChI is InChI=1S/C9H15NO/c1-8(2-5-10)9-3-6-11-7-4-9/h8-9H,2-4,6-7H2,1H3. The summed E-state index contributed by atoms with van der Waals surface area (Å²) in [6.45, 7) is 3.94. The van der Waals surface area contributed by atoms with E-state index in [0.29, 0.717) is 12.3 Å². The number of nitriles is 1. The van der Waals surface area contributed by atoms with Crippen molar-refractivity contribution < 1.29 is 4.74 Å². The van der Waals surface area contributed by atoms with Gasteiger partial charge in [0.05, 0.1) is 6.07 Å². The lowest BCUT2D eigenvalue weighted by Gasteiger charge is -2.26. The first kappa shape index (κ1) is 8.55. The van der Waals surface area contributed by atoms with Gasteiger partial charge in [-0.1, -0.05) is 6.92 Å². The molecule has 1 aliphatic heterocycles. The minimum absolute atomic E-state index is 0.559. The largest absolute Gasteiger partial charge is 0.381 e. The van der Waals surface area contributed by atoms with E-state index in [2.05, 4.69) is 13.0 Å². The average Bonchev–Trinajstić information content (AvgIpc) is 2.07. The number of nitrogens with zero attached hydrogens (tertiary/aromatic N) is 1. The highest BCUT2D eigenvalue weighted by atomic mass is 16.5. The van der Waals surface area contributed by atoms with E-state index in [1.807, 2.05) is 0 Å². The molecule has 11 heavy (non-hydrogen) atoms. The van der Waals surface area contributed by atoms with Gasteiger partial charge in [-0.3, -0.25) is 0 Å². The molecule has 0 spiro atoms. The molecule has 1 rings (SSSR count). The summed E-state index contributed by atoms with van der Waals surface area (Å²) in [5.41, 5.74) is 0. The molecule has 2 heteroatoms. The summed E-state index contributed by atoms with van der Waals surface area (Å²) in [6, 6.07) is 2.22. The Labute approximate surface area is 68.2 Å².